The largest absolute Gasteiger partial charge is 0.376 e. The Kier molecular flexibility index (Phi) is 3.64. The Hall–Kier alpha value is -2.18. The van der Waals surface area contributed by atoms with Crippen molar-refractivity contribution in [2.24, 2.45) is 11.7 Å². The number of benzene rings is 1. The van der Waals surface area contributed by atoms with Gasteiger partial charge in [-0.1, -0.05) is 12.5 Å². The Morgan fingerprint density at radius 3 is 2.84 bits per heavy atom. The number of nitrogens with two attached hydrogens (primary N) is 1. The highest BCUT2D eigenvalue weighted by Gasteiger charge is 2.33. The second-order valence-corrected chi connectivity index (χ2v) is 4.58. The van der Waals surface area contributed by atoms with Gasteiger partial charge in [0.2, 0.25) is 11.7 Å². The van der Waals surface area contributed by atoms with Crippen molar-refractivity contribution in [1.82, 2.24) is 0 Å². The minimum atomic E-state index is -0.899. The Morgan fingerprint density at radius 2 is 2.21 bits per heavy atom. The molecule has 2 atom stereocenters. The number of amides is 1. The maximum atomic E-state index is 13.5. The summed E-state index contributed by atoms with van der Waals surface area (Å²) in [5, 5.41) is 13.7. The third-order valence-corrected chi connectivity index (χ3v) is 3.39. The Bertz CT molecular complexity index is 521. The molecule has 0 unspecified atom stereocenters. The van der Waals surface area contributed by atoms with Crippen molar-refractivity contribution in [3.8, 4) is 0 Å². The average Bonchev–Trinajstić information content (AvgIpc) is 2.76. The van der Waals surface area contributed by atoms with Gasteiger partial charge in [0.25, 0.3) is 0 Å². The van der Waals surface area contributed by atoms with Gasteiger partial charge in [0.05, 0.1) is 10.8 Å². The normalized spacial score (nSPS) is 22.2. The van der Waals surface area contributed by atoms with Crippen LogP contribution in [0.2, 0.25) is 0 Å². The number of hydrogen-bond donors (Lipinski definition) is 2. The van der Waals surface area contributed by atoms with Crippen molar-refractivity contribution in [2.75, 3.05) is 5.32 Å². The predicted octanol–water partition coefficient (Wildman–Crippen LogP) is 1.80. The van der Waals surface area contributed by atoms with Crippen LogP contribution in [0.3, 0.4) is 0 Å². The van der Waals surface area contributed by atoms with Gasteiger partial charge in [0.1, 0.15) is 5.69 Å². The third kappa shape index (κ3) is 2.64. The zero-order valence-corrected chi connectivity index (χ0v) is 10.1. The minimum Gasteiger partial charge on any atom is -0.376 e. The highest BCUT2D eigenvalue weighted by molar-refractivity contribution is 5.78. The monoisotopic (exact) mass is 267 g/mol. The van der Waals surface area contributed by atoms with Gasteiger partial charge in [-0.2, -0.15) is 4.39 Å². The predicted molar refractivity (Wildman–Crippen MR) is 67.0 cm³/mol. The Morgan fingerprint density at radius 1 is 1.47 bits per heavy atom. The summed E-state index contributed by atoms with van der Waals surface area (Å²) >= 11 is 0. The molecule has 1 saturated carbocycles. The highest BCUT2D eigenvalue weighted by Crippen LogP contribution is 2.33. The van der Waals surface area contributed by atoms with Gasteiger partial charge >= 0.3 is 5.69 Å². The summed E-state index contributed by atoms with van der Waals surface area (Å²) < 4.78 is 13.5. The summed E-state index contributed by atoms with van der Waals surface area (Å²) in [6.07, 6.45) is 2.14. The SMILES string of the molecule is NC(=O)[C@H]1CCC[C@@H]1Nc1cccc(F)c1[N+](=O)[O-]. The van der Waals surface area contributed by atoms with E-state index in [2.05, 4.69) is 5.32 Å². The van der Waals surface area contributed by atoms with Gasteiger partial charge in [-0.25, -0.2) is 0 Å². The smallest absolute Gasteiger partial charge is 0.327 e. The van der Waals surface area contributed by atoms with E-state index in [9.17, 15) is 19.3 Å². The standard InChI is InChI=1S/C12H14FN3O3/c13-8-4-2-6-10(11(8)16(18)19)15-9-5-1-3-7(9)12(14)17/h2,4,6-7,9,15H,1,3,5H2,(H2,14,17)/t7-,9-/m0/s1. The number of rotatable bonds is 4. The zero-order chi connectivity index (χ0) is 14.0. The van der Waals surface area contributed by atoms with Crippen LogP contribution in [-0.4, -0.2) is 16.9 Å². The number of nitrogens with zero attached hydrogens (tertiary/aromatic N) is 1. The van der Waals surface area contributed by atoms with Crippen LogP contribution in [0.4, 0.5) is 15.8 Å². The molecule has 1 aromatic rings. The van der Waals surface area contributed by atoms with Crippen LogP contribution in [0, 0.1) is 21.8 Å². The second-order valence-electron chi connectivity index (χ2n) is 4.58. The van der Waals surface area contributed by atoms with Crippen LogP contribution >= 0.6 is 0 Å². The van der Waals surface area contributed by atoms with Crippen LogP contribution in [0.5, 0.6) is 0 Å². The fourth-order valence-electron chi connectivity index (χ4n) is 2.49. The summed E-state index contributed by atoms with van der Waals surface area (Å²) in [4.78, 5) is 21.4. The number of halogens is 1. The van der Waals surface area contributed by atoms with Crippen LogP contribution < -0.4 is 11.1 Å². The molecule has 0 radical (unpaired) electrons. The van der Waals surface area contributed by atoms with Crippen LogP contribution in [0.15, 0.2) is 18.2 Å². The molecule has 0 heterocycles. The number of carbonyl (C=O) groups excluding carboxylic acids is 1. The fourth-order valence-corrected chi connectivity index (χ4v) is 2.49. The van der Waals surface area contributed by atoms with E-state index in [-0.39, 0.29) is 17.6 Å². The molecule has 3 N–H and O–H groups in total. The molecule has 0 bridgehead atoms. The quantitative estimate of drug-likeness (QED) is 0.641. The first kappa shape index (κ1) is 13.3. The molecule has 0 saturated heterocycles. The summed E-state index contributed by atoms with van der Waals surface area (Å²) in [5.41, 5.74) is 4.77. The summed E-state index contributed by atoms with van der Waals surface area (Å²) in [7, 11) is 0. The van der Waals surface area contributed by atoms with E-state index in [1.54, 1.807) is 0 Å². The summed E-state index contributed by atoms with van der Waals surface area (Å²) in [6, 6.07) is 3.57. The van der Waals surface area contributed by atoms with E-state index in [4.69, 9.17) is 5.73 Å². The molecule has 19 heavy (non-hydrogen) atoms. The Labute approximate surface area is 108 Å². The Balaban J connectivity index is 2.26. The molecule has 102 valence electrons. The lowest BCUT2D eigenvalue weighted by atomic mass is 10.0. The van der Waals surface area contributed by atoms with Crippen molar-refractivity contribution >= 4 is 17.3 Å². The second kappa shape index (κ2) is 5.21. The van der Waals surface area contributed by atoms with E-state index in [0.29, 0.717) is 12.8 Å². The molecule has 6 nitrogen and oxygen atoms in total. The van der Waals surface area contributed by atoms with Crippen molar-refractivity contribution in [2.45, 2.75) is 25.3 Å². The fraction of sp³-hybridized carbons (Fsp3) is 0.417. The molecule has 1 aliphatic carbocycles. The summed E-state index contributed by atoms with van der Waals surface area (Å²) in [6.45, 7) is 0. The first-order chi connectivity index (χ1) is 9.00. The van der Waals surface area contributed by atoms with Gasteiger partial charge in [0.15, 0.2) is 0 Å². The summed E-state index contributed by atoms with van der Waals surface area (Å²) in [5.74, 6) is -1.71. The molecule has 2 rings (SSSR count). The van der Waals surface area contributed by atoms with Crippen LogP contribution in [-0.2, 0) is 4.79 Å². The van der Waals surface area contributed by atoms with Crippen molar-refractivity contribution < 1.29 is 14.1 Å². The molecule has 1 amide bonds. The lowest BCUT2D eigenvalue weighted by molar-refractivity contribution is -0.386. The third-order valence-electron chi connectivity index (χ3n) is 3.39. The van der Waals surface area contributed by atoms with Gasteiger partial charge in [-0.3, -0.25) is 14.9 Å². The molecule has 1 fully saturated rings. The van der Waals surface area contributed by atoms with Crippen molar-refractivity contribution in [3.05, 3.63) is 34.1 Å². The number of nitrogens with one attached hydrogen (secondary N) is 1. The topological polar surface area (TPSA) is 98.3 Å². The molecule has 0 aliphatic heterocycles. The molecule has 0 spiro atoms. The van der Waals surface area contributed by atoms with Gasteiger partial charge in [-0.15, -0.1) is 0 Å². The lowest BCUT2D eigenvalue weighted by Gasteiger charge is -2.19. The first-order valence-electron chi connectivity index (χ1n) is 5.99. The molecule has 1 aliphatic rings. The van der Waals surface area contributed by atoms with E-state index >= 15 is 0 Å². The number of carbonyl (C=O) groups is 1. The number of nitro groups is 1. The first-order valence-corrected chi connectivity index (χ1v) is 5.99. The maximum absolute atomic E-state index is 13.5. The van der Waals surface area contributed by atoms with Gasteiger partial charge in [0, 0.05) is 6.04 Å². The van der Waals surface area contributed by atoms with Crippen LogP contribution in [0.1, 0.15) is 19.3 Å². The maximum Gasteiger partial charge on any atom is 0.327 e. The van der Waals surface area contributed by atoms with Gasteiger partial charge in [-0.05, 0) is 25.0 Å². The average molecular weight is 267 g/mol. The molecule has 1 aromatic carbocycles. The van der Waals surface area contributed by atoms with Crippen molar-refractivity contribution in [3.63, 3.8) is 0 Å². The van der Waals surface area contributed by atoms with Crippen molar-refractivity contribution in [1.29, 1.82) is 0 Å². The molecular weight excluding hydrogens is 253 g/mol. The van der Waals surface area contributed by atoms with E-state index in [0.717, 1.165) is 12.5 Å². The number of para-hydroxylation sites is 1. The van der Waals surface area contributed by atoms with E-state index in [1.807, 2.05) is 0 Å². The minimum absolute atomic E-state index is 0.0863. The lowest BCUT2D eigenvalue weighted by Crippen LogP contribution is -2.34. The molecular formula is C12H14FN3O3. The highest BCUT2D eigenvalue weighted by atomic mass is 19.1. The molecule has 7 heteroatoms. The van der Waals surface area contributed by atoms with Crippen LogP contribution in [0.25, 0.3) is 0 Å². The van der Waals surface area contributed by atoms with E-state index in [1.165, 1.54) is 12.1 Å². The zero-order valence-electron chi connectivity index (χ0n) is 10.1. The number of hydrogen-bond acceptors (Lipinski definition) is 4. The number of primary amides is 1. The number of anilines is 1. The van der Waals surface area contributed by atoms with E-state index < -0.39 is 22.3 Å². The molecule has 0 aromatic heterocycles. The number of nitro benzene ring substituents is 1. The van der Waals surface area contributed by atoms with Gasteiger partial charge < -0.3 is 11.1 Å².